The van der Waals surface area contributed by atoms with Crippen molar-refractivity contribution in [3.05, 3.63) is 0 Å². The molecule has 28 heavy (non-hydrogen) atoms. The van der Waals surface area contributed by atoms with E-state index < -0.39 is 6.04 Å². The monoisotopic (exact) mass is 387 g/mol. The molecule has 0 aromatic rings. The molecule has 2 N–H and O–H groups in total. The third-order valence-corrected chi connectivity index (χ3v) is 8.21. The lowest BCUT2D eigenvalue weighted by Crippen LogP contribution is -2.51. The maximum atomic E-state index is 12.7. The summed E-state index contributed by atoms with van der Waals surface area (Å²) >= 11 is 0. The molecule has 6 nitrogen and oxygen atoms in total. The number of imide groups is 1. The molecule has 1 saturated heterocycles. The SMILES string of the molecule is O=C(CC1NC(=O)N(C2CCCCC2)C1=O)NCC12CC3CC(CC(C3)C1)C2. The molecule has 4 bridgehead atoms. The van der Waals surface area contributed by atoms with E-state index in [9.17, 15) is 14.4 Å². The first-order valence-electron chi connectivity index (χ1n) is 11.4. The van der Waals surface area contributed by atoms with Gasteiger partial charge in [0.1, 0.15) is 6.04 Å². The van der Waals surface area contributed by atoms with Gasteiger partial charge in [-0.2, -0.15) is 0 Å². The Kier molecular flexibility index (Phi) is 4.63. The molecule has 1 heterocycles. The third kappa shape index (κ3) is 3.33. The van der Waals surface area contributed by atoms with Gasteiger partial charge >= 0.3 is 6.03 Å². The molecule has 5 saturated carbocycles. The number of nitrogens with zero attached hydrogens (tertiary/aromatic N) is 1. The van der Waals surface area contributed by atoms with Crippen LogP contribution in [-0.4, -0.2) is 41.4 Å². The molecule has 0 radical (unpaired) electrons. The number of hydrogen-bond acceptors (Lipinski definition) is 3. The Morgan fingerprint density at radius 3 is 2.21 bits per heavy atom. The van der Waals surface area contributed by atoms with Gasteiger partial charge < -0.3 is 10.6 Å². The Labute approximate surface area is 167 Å². The minimum absolute atomic E-state index is 0.0151. The zero-order chi connectivity index (χ0) is 19.3. The van der Waals surface area contributed by atoms with Crippen LogP contribution in [0, 0.1) is 23.2 Å². The lowest BCUT2D eigenvalue weighted by atomic mass is 9.49. The van der Waals surface area contributed by atoms with Gasteiger partial charge in [0.2, 0.25) is 5.91 Å². The highest BCUT2D eigenvalue weighted by Gasteiger charge is 2.51. The second-order valence-electron chi connectivity index (χ2n) is 10.4. The number of urea groups is 1. The molecule has 6 heteroatoms. The molecule has 6 rings (SSSR count). The van der Waals surface area contributed by atoms with Crippen LogP contribution in [0.3, 0.4) is 0 Å². The van der Waals surface area contributed by atoms with Gasteiger partial charge in [-0.3, -0.25) is 14.5 Å². The van der Waals surface area contributed by atoms with Crippen molar-refractivity contribution < 1.29 is 14.4 Å². The predicted octanol–water partition coefficient (Wildman–Crippen LogP) is 2.96. The van der Waals surface area contributed by atoms with Gasteiger partial charge in [-0.15, -0.1) is 0 Å². The van der Waals surface area contributed by atoms with Crippen LogP contribution in [0.4, 0.5) is 4.79 Å². The lowest BCUT2D eigenvalue weighted by molar-refractivity contribution is -0.132. The minimum Gasteiger partial charge on any atom is -0.355 e. The summed E-state index contributed by atoms with van der Waals surface area (Å²) in [5.74, 6) is 2.29. The van der Waals surface area contributed by atoms with Crippen molar-refractivity contribution in [2.45, 2.75) is 89.1 Å². The molecule has 0 aromatic carbocycles. The van der Waals surface area contributed by atoms with Crippen molar-refractivity contribution in [1.29, 1.82) is 0 Å². The van der Waals surface area contributed by atoms with Crippen LogP contribution in [0.5, 0.6) is 0 Å². The Balaban J connectivity index is 1.15. The number of hydrogen-bond donors (Lipinski definition) is 2. The van der Waals surface area contributed by atoms with Gasteiger partial charge in [0.05, 0.1) is 6.42 Å². The van der Waals surface area contributed by atoms with E-state index in [0.717, 1.165) is 50.0 Å². The van der Waals surface area contributed by atoms with E-state index in [2.05, 4.69) is 10.6 Å². The van der Waals surface area contributed by atoms with Crippen LogP contribution in [0.1, 0.15) is 77.0 Å². The fourth-order valence-corrected chi connectivity index (χ4v) is 7.42. The molecule has 6 aliphatic rings. The largest absolute Gasteiger partial charge is 0.355 e. The van der Waals surface area contributed by atoms with Crippen molar-refractivity contribution >= 4 is 17.8 Å². The van der Waals surface area contributed by atoms with E-state index in [0.29, 0.717) is 5.41 Å². The van der Waals surface area contributed by atoms with Crippen molar-refractivity contribution in [3.8, 4) is 0 Å². The Morgan fingerprint density at radius 1 is 1.00 bits per heavy atom. The fourth-order valence-electron chi connectivity index (χ4n) is 7.42. The zero-order valence-electron chi connectivity index (χ0n) is 16.8. The molecular formula is C22H33N3O3. The zero-order valence-corrected chi connectivity index (χ0v) is 16.8. The molecule has 4 amide bonds. The van der Waals surface area contributed by atoms with Crippen molar-refractivity contribution in [1.82, 2.24) is 15.5 Å². The normalized spacial score (nSPS) is 40.1. The van der Waals surface area contributed by atoms with E-state index >= 15 is 0 Å². The highest BCUT2D eigenvalue weighted by molar-refractivity contribution is 6.06. The second-order valence-corrected chi connectivity index (χ2v) is 10.4. The molecule has 0 aromatic heterocycles. The van der Waals surface area contributed by atoms with Gasteiger partial charge in [0.25, 0.3) is 5.91 Å². The lowest BCUT2D eigenvalue weighted by Gasteiger charge is -2.56. The molecule has 5 aliphatic carbocycles. The summed E-state index contributed by atoms with van der Waals surface area (Å²) in [6.45, 7) is 0.747. The highest BCUT2D eigenvalue weighted by Crippen LogP contribution is 2.59. The molecule has 154 valence electrons. The molecular weight excluding hydrogens is 354 g/mol. The summed E-state index contributed by atoms with van der Waals surface area (Å²) in [5, 5.41) is 5.89. The van der Waals surface area contributed by atoms with Crippen LogP contribution in [0.15, 0.2) is 0 Å². The summed E-state index contributed by atoms with van der Waals surface area (Å²) in [4.78, 5) is 39.1. The van der Waals surface area contributed by atoms with Gasteiger partial charge in [-0.05, 0) is 74.5 Å². The number of rotatable bonds is 5. The predicted molar refractivity (Wildman–Crippen MR) is 104 cm³/mol. The summed E-state index contributed by atoms with van der Waals surface area (Å²) < 4.78 is 0. The van der Waals surface area contributed by atoms with Crippen LogP contribution in [0.25, 0.3) is 0 Å². The van der Waals surface area contributed by atoms with Crippen LogP contribution in [0.2, 0.25) is 0 Å². The standard InChI is InChI=1S/C22H33N3O3/c26-19(23-13-22-10-14-6-15(11-22)8-16(7-14)12-22)9-18-20(27)25(21(28)24-18)17-4-2-1-3-5-17/h14-18H,1-13H2,(H,23,26)(H,24,28). The van der Waals surface area contributed by atoms with Gasteiger partial charge in [0, 0.05) is 12.6 Å². The van der Waals surface area contributed by atoms with Crippen LogP contribution >= 0.6 is 0 Å². The maximum Gasteiger partial charge on any atom is 0.325 e. The second kappa shape index (κ2) is 7.03. The molecule has 1 unspecified atom stereocenters. The van der Waals surface area contributed by atoms with E-state index in [1.807, 2.05) is 0 Å². The van der Waals surface area contributed by atoms with Crippen molar-refractivity contribution in [3.63, 3.8) is 0 Å². The first-order valence-corrected chi connectivity index (χ1v) is 11.4. The number of amides is 4. The first-order chi connectivity index (χ1) is 13.5. The van der Waals surface area contributed by atoms with E-state index in [1.54, 1.807) is 0 Å². The van der Waals surface area contributed by atoms with Gasteiger partial charge in [-0.1, -0.05) is 19.3 Å². The van der Waals surface area contributed by atoms with Crippen molar-refractivity contribution in [2.24, 2.45) is 23.2 Å². The summed E-state index contributed by atoms with van der Waals surface area (Å²) in [6, 6.07) is -0.983. The summed E-state index contributed by atoms with van der Waals surface area (Å²) in [7, 11) is 0. The quantitative estimate of drug-likeness (QED) is 0.712. The molecule has 6 fully saturated rings. The average molecular weight is 388 g/mol. The number of carbonyl (C=O) groups excluding carboxylic acids is 3. The minimum atomic E-state index is -0.689. The Hall–Kier alpha value is -1.59. The average Bonchev–Trinajstić information content (AvgIpc) is 2.93. The Bertz CT molecular complexity index is 635. The smallest absolute Gasteiger partial charge is 0.325 e. The molecule has 1 aliphatic heterocycles. The number of carbonyl (C=O) groups is 3. The fraction of sp³-hybridized carbons (Fsp3) is 0.864. The Morgan fingerprint density at radius 2 is 1.61 bits per heavy atom. The van der Waals surface area contributed by atoms with Crippen molar-refractivity contribution in [2.75, 3.05) is 6.54 Å². The highest BCUT2D eigenvalue weighted by atomic mass is 16.2. The molecule has 0 spiro atoms. The number of nitrogens with one attached hydrogen (secondary N) is 2. The van der Waals surface area contributed by atoms with Gasteiger partial charge in [-0.25, -0.2) is 4.79 Å². The topological polar surface area (TPSA) is 78.5 Å². The summed E-state index contributed by atoms with van der Waals surface area (Å²) in [6.07, 6.45) is 13.1. The van der Waals surface area contributed by atoms with Gasteiger partial charge in [0.15, 0.2) is 0 Å². The maximum absolute atomic E-state index is 12.7. The first kappa shape index (κ1) is 18.4. The third-order valence-electron chi connectivity index (χ3n) is 8.21. The van der Waals surface area contributed by atoms with E-state index in [-0.39, 0.29) is 30.3 Å². The van der Waals surface area contributed by atoms with E-state index in [1.165, 1.54) is 49.8 Å². The van der Waals surface area contributed by atoms with Crippen LogP contribution in [-0.2, 0) is 9.59 Å². The van der Waals surface area contributed by atoms with E-state index in [4.69, 9.17) is 0 Å². The van der Waals surface area contributed by atoms with Crippen LogP contribution < -0.4 is 10.6 Å². The summed E-state index contributed by atoms with van der Waals surface area (Å²) in [5.41, 5.74) is 0.293. The molecule has 1 atom stereocenters.